The second-order valence-corrected chi connectivity index (χ2v) is 6.15. The van der Waals surface area contributed by atoms with Gasteiger partial charge in [0.25, 0.3) is 0 Å². The van der Waals surface area contributed by atoms with Crippen molar-refractivity contribution in [2.75, 3.05) is 11.5 Å². The Bertz CT molecular complexity index is 348. The maximum absolute atomic E-state index is 5.72. The molecular formula is C14H22N2S. The number of aryl methyl sites for hydroxylation is 1. The number of rotatable bonds is 4. The Morgan fingerprint density at radius 3 is 2.82 bits per heavy atom. The molecular weight excluding hydrogens is 228 g/mol. The van der Waals surface area contributed by atoms with Crippen LogP contribution in [0.2, 0.25) is 0 Å². The van der Waals surface area contributed by atoms with Gasteiger partial charge in [-0.15, -0.1) is 0 Å². The SMILES string of the molecule is Cc1cccc(C(CC2CCSCC2)NN)c1. The van der Waals surface area contributed by atoms with Gasteiger partial charge in [-0.25, -0.2) is 0 Å². The Hall–Kier alpha value is -0.510. The maximum Gasteiger partial charge on any atom is 0.0462 e. The number of benzene rings is 1. The van der Waals surface area contributed by atoms with Crippen LogP contribution >= 0.6 is 11.8 Å². The fraction of sp³-hybridized carbons (Fsp3) is 0.571. The zero-order valence-electron chi connectivity index (χ0n) is 10.5. The molecule has 0 bridgehead atoms. The summed E-state index contributed by atoms with van der Waals surface area (Å²) in [5, 5.41) is 0. The van der Waals surface area contributed by atoms with E-state index >= 15 is 0 Å². The number of nitrogens with one attached hydrogen (secondary N) is 1. The van der Waals surface area contributed by atoms with E-state index in [2.05, 4.69) is 48.4 Å². The second kappa shape index (κ2) is 6.43. The lowest BCUT2D eigenvalue weighted by molar-refractivity contribution is 0.374. The number of nitrogens with two attached hydrogens (primary N) is 1. The lowest BCUT2D eigenvalue weighted by Gasteiger charge is -2.26. The topological polar surface area (TPSA) is 38.0 Å². The fourth-order valence-corrected chi connectivity index (χ4v) is 3.71. The third-order valence-electron chi connectivity index (χ3n) is 3.56. The van der Waals surface area contributed by atoms with E-state index in [1.165, 1.54) is 41.9 Å². The molecule has 94 valence electrons. The number of hydrazine groups is 1. The molecule has 1 saturated heterocycles. The summed E-state index contributed by atoms with van der Waals surface area (Å²) in [5.74, 6) is 9.18. The summed E-state index contributed by atoms with van der Waals surface area (Å²) in [5.41, 5.74) is 5.62. The predicted molar refractivity (Wildman–Crippen MR) is 75.9 cm³/mol. The minimum atomic E-state index is 0.308. The van der Waals surface area contributed by atoms with Gasteiger partial charge in [0.15, 0.2) is 0 Å². The van der Waals surface area contributed by atoms with E-state index in [0.717, 1.165) is 5.92 Å². The average Bonchev–Trinajstić information content (AvgIpc) is 2.37. The molecule has 0 amide bonds. The Balaban J connectivity index is 2.00. The quantitative estimate of drug-likeness (QED) is 0.637. The molecule has 17 heavy (non-hydrogen) atoms. The van der Waals surface area contributed by atoms with Gasteiger partial charge in [0, 0.05) is 6.04 Å². The van der Waals surface area contributed by atoms with Crippen molar-refractivity contribution in [1.82, 2.24) is 5.43 Å². The van der Waals surface area contributed by atoms with E-state index in [1.54, 1.807) is 0 Å². The highest BCUT2D eigenvalue weighted by Gasteiger charge is 2.19. The molecule has 2 nitrogen and oxygen atoms in total. The van der Waals surface area contributed by atoms with Crippen LogP contribution in [0.1, 0.15) is 36.4 Å². The minimum absolute atomic E-state index is 0.308. The second-order valence-electron chi connectivity index (χ2n) is 4.92. The zero-order valence-corrected chi connectivity index (χ0v) is 11.3. The number of hydrogen-bond donors (Lipinski definition) is 2. The van der Waals surface area contributed by atoms with Gasteiger partial charge in [-0.05, 0) is 49.2 Å². The van der Waals surface area contributed by atoms with Crippen LogP contribution in [0.3, 0.4) is 0 Å². The first-order valence-corrected chi connectivity index (χ1v) is 7.55. The van der Waals surface area contributed by atoms with E-state index in [9.17, 15) is 0 Å². The normalized spacial score (nSPS) is 19.2. The lowest BCUT2D eigenvalue weighted by atomic mass is 9.90. The molecule has 3 N–H and O–H groups in total. The van der Waals surface area contributed by atoms with Gasteiger partial charge in [-0.2, -0.15) is 11.8 Å². The van der Waals surface area contributed by atoms with Crippen molar-refractivity contribution in [1.29, 1.82) is 0 Å². The highest BCUT2D eigenvalue weighted by atomic mass is 32.2. The molecule has 1 aromatic rings. The standard InChI is InChI=1S/C14H22N2S/c1-11-3-2-4-13(9-11)14(16-15)10-12-5-7-17-8-6-12/h2-4,9,12,14,16H,5-8,10,15H2,1H3. The molecule has 0 aliphatic carbocycles. The summed E-state index contributed by atoms with van der Waals surface area (Å²) in [6, 6.07) is 8.97. The molecule has 1 fully saturated rings. The first-order chi connectivity index (χ1) is 8.29. The molecule has 0 radical (unpaired) electrons. The third-order valence-corrected chi connectivity index (χ3v) is 4.60. The fourth-order valence-electron chi connectivity index (χ4n) is 2.50. The van der Waals surface area contributed by atoms with Gasteiger partial charge >= 0.3 is 0 Å². The molecule has 0 aromatic heterocycles. The summed E-state index contributed by atoms with van der Waals surface area (Å²) in [7, 11) is 0. The van der Waals surface area contributed by atoms with E-state index in [0.29, 0.717) is 6.04 Å². The van der Waals surface area contributed by atoms with Crippen LogP contribution in [-0.2, 0) is 0 Å². The van der Waals surface area contributed by atoms with Crippen molar-refractivity contribution >= 4 is 11.8 Å². The van der Waals surface area contributed by atoms with Crippen molar-refractivity contribution in [2.24, 2.45) is 11.8 Å². The van der Waals surface area contributed by atoms with Crippen LogP contribution in [0, 0.1) is 12.8 Å². The van der Waals surface area contributed by atoms with Crippen molar-refractivity contribution < 1.29 is 0 Å². The minimum Gasteiger partial charge on any atom is -0.271 e. The molecule has 1 unspecified atom stereocenters. The Morgan fingerprint density at radius 2 is 2.18 bits per heavy atom. The molecule has 0 spiro atoms. The lowest BCUT2D eigenvalue weighted by Crippen LogP contribution is -2.30. The van der Waals surface area contributed by atoms with Gasteiger partial charge in [0.1, 0.15) is 0 Å². The molecule has 1 heterocycles. The maximum atomic E-state index is 5.72. The molecule has 2 rings (SSSR count). The predicted octanol–water partition coefficient (Wildman–Crippen LogP) is 3.03. The van der Waals surface area contributed by atoms with Gasteiger partial charge < -0.3 is 0 Å². The third kappa shape index (κ3) is 3.73. The van der Waals surface area contributed by atoms with Crippen LogP contribution in [0.5, 0.6) is 0 Å². The van der Waals surface area contributed by atoms with Crippen molar-refractivity contribution in [3.05, 3.63) is 35.4 Å². The monoisotopic (exact) mass is 250 g/mol. The van der Waals surface area contributed by atoms with Crippen molar-refractivity contribution in [3.63, 3.8) is 0 Å². The largest absolute Gasteiger partial charge is 0.271 e. The zero-order chi connectivity index (χ0) is 12.1. The smallest absolute Gasteiger partial charge is 0.0462 e. The van der Waals surface area contributed by atoms with E-state index < -0.39 is 0 Å². The van der Waals surface area contributed by atoms with Gasteiger partial charge in [0.05, 0.1) is 0 Å². The summed E-state index contributed by atoms with van der Waals surface area (Å²) >= 11 is 2.08. The van der Waals surface area contributed by atoms with Gasteiger partial charge in [-0.3, -0.25) is 11.3 Å². The van der Waals surface area contributed by atoms with Crippen LogP contribution in [0.25, 0.3) is 0 Å². The molecule has 3 heteroatoms. The van der Waals surface area contributed by atoms with Gasteiger partial charge in [-0.1, -0.05) is 29.8 Å². The van der Waals surface area contributed by atoms with E-state index in [1.807, 2.05) is 0 Å². The molecule has 1 aliphatic rings. The molecule has 1 aromatic carbocycles. The van der Waals surface area contributed by atoms with E-state index in [-0.39, 0.29) is 0 Å². The van der Waals surface area contributed by atoms with Crippen molar-refractivity contribution in [2.45, 2.75) is 32.2 Å². The molecule has 0 saturated carbocycles. The molecule has 1 aliphatic heterocycles. The Morgan fingerprint density at radius 1 is 1.41 bits per heavy atom. The highest BCUT2D eigenvalue weighted by Crippen LogP contribution is 2.30. The Kier molecular flexibility index (Phi) is 4.89. The van der Waals surface area contributed by atoms with Crippen molar-refractivity contribution in [3.8, 4) is 0 Å². The van der Waals surface area contributed by atoms with Crippen LogP contribution < -0.4 is 11.3 Å². The van der Waals surface area contributed by atoms with Gasteiger partial charge in [0.2, 0.25) is 0 Å². The first-order valence-electron chi connectivity index (χ1n) is 6.40. The summed E-state index contributed by atoms with van der Waals surface area (Å²) in [6.07, 6.45) is 3.85. The average molecular weight is 250 g/mol. The first kappa shape index (κ1) is 12.9. The highest BCUT2D eigenvalue weighted by molar-refractivity contribution is 7.99. The van der Waals surface area contributed by atoms with Crippen LogP contribution in [0.15, 0.2) is 24.3 Å². The summed E-state index contributed by atoms with van der Waals surface area (Å²) < 4.78 is 0. The summed E-state index contributed by atoms with van der Waals surface area (Å²) in [6.45, 7) is 2.13. The van der Waals surface area contributed by atoms with E-state index in [4.69, 9.17) is 5.84 Å². The number of thioether (sulfide) groups is 1. The Labute approximate surface area is 108 Å². The molecule has 1 atom stereocenters. The summed E-state index contributed by atoms with van der Waals surface area (Å²) in [4.78, 5) is 0. The number of hydrogen-bond acceptors (Lipinski definition) is 3. The van der Waals surface area contributed by atoms with Crippen LogP contribution in [-0.4, -0.2) is 11.5 Å². The van der Waals surface area contributed by atoms with Crippen LogP contribution in [0.4, 0.5) is 0 Å².